The Morgan fingerprint density at radius 1 is 1.20 bits per heavy atom. The number of hydrogen-bond donors (Lipinski definition) is 2. The van der Waals surface area contributed by atoms with Crippen LogP contribution in [-0.4, -0.2) is 25.3 Å². The van der Waals surface area contributed by atoms with Gasteiger partial charge in [-0.25, -0.2) is 0 Å². The predicted octanol–water partition coefficient (Wildman–Crippen LogP) is 0.0875. The molecule has 0 aromatic rings. The highest BCUT2D eigenvalue weighted by molar-refractivity contribution is 4.53. The lowest BCUT2D eigenvalue weighted by Crippen LogP contribution is -2.24. The van der Waals surface area contributed by atoms with E-state index in [9.17, 15) is 0 Å². The van der Waals surface area contributed by atoms with Crippen LogP contribution in [0.1, 0.15) is 20.3 Å². The summed E-state index contributed by atoms with van der Waals surface area (Å²) in [4.78, 5) is 0. The maximum Gasteiger partial charge on any atom is 0.0614 e. The molecule has 0 bridgehead atoms. The molecule has 0 amide bonds. The molecule has 0 heterocycles. The Bertz CT molecular complexity index is 64.0. The van der Waals surface area contributed by atoms with Crippen molar-refractivity contribution >= 4 is 0 Å². The molecule has 0 aromatic carbocycles. The molecule has 2 atom stereocenters. The Morgan fingerprint density at radius 2 is 1.80 bits per heavy atom. The Balaban J connectivity index is 2.91. The molecule has 62 valence electrons. The molecule has 0 rings (SSSR count). The van der Waals surface area contributed by atoms with Crippen molar-refractivity contribution in [1.29, 1.82) is 0 Å². The highest BCUT2D eigenvalue weighted by Gasteiger charge is 1.95. The van der Waals surface area contributed by atoms with Crippen molar-refractivity contribution in [3.63, 3.8) is 0 Å². The fourth-order valence-electron chi connectivity index (χ4n) is 0.538. The molecule has 0 spiro atoms. The van der Waals surface area contributed by atoms with Gasteiger partial charge in [0.25, 0.3) is 0 Å². The number of ether oxygens (including phenoxy) is 1. The molecule has 0 fully saturated rings. The summed E-state index contributed by atoms with van der Waals surface area (Å²) in [7, 11) is 0. The Kier molecular flexibility index (Phi) is 5.58. The smallest absolute Gasteiger partial charge is 0.0614 e. The largest absolute Gasteiger partial charge is 0.380 e. The maximum absolute atomic E-state index is 5.50. The number of nitrogens with two attached hydrogens (primary N) is 2. The molecule has 0 saturated carbocycles. The van der Waals surface area contributed by atoms with Crippen molar-refractivity contribution in [2.24, 2.45) is 11.5 Å². The van der Waals surface area contributed by atoms with Gasteiger partial charge in [-0.1, -0.05) is 0 Å². The predicted molar refractivity (Wildman–Crippen MR) is 42.7 cm³/mol. The van der Waals surface area contributed by atoms with Crippen molar-refractivity contribution in [2.75, 3.05) is 13.2 Å². The van der Waals surface area contributed by atoms with E-state index in [0.717, 1.165) is 13.0 Å². The SMILES string of the molecule is CC(N)CCOCC(C)N. The highest BCUT2D eigenvalue weighted by Crippen LogP contribution is 1.88. The van der Waals surface area contributed by atoms with Crippen LogP contribution in [0.15, 0.2) is 0 Å². The summed E-state index contributed by atoms with van der Waals surface area (Å²) in [5.74, 6) is 0. The second kappa shape index (κ2) is 5.65. The minimum atomic E-state index is 0.132. The molecule has 0 aliphatic rings. The molecular weight excluding hydrogens is 128 g/mol. The normalized spacial score (nSPS) is 16.8. The van der Waals surface area contributed by atoms with Gasteiger partial charge in [0.15, 0.2) is 0 Å². The highest BCUT2D eigenvalue weighted by atomic mass is 16.5. The molecule has 0 saturated heterocycles. The lowest BCUT2D eigenvalue weighted by molar-refractivity contribution is 0.119. The van der Waals surface area contributed by atoms with E-state index in [4.69, 9.17) is 16.2 Å². The van der Waals surface area contributed by atoms with Gasteiger partial charge in [-0.05, 0) is 20.3 Å². The Labute approximate surface area is 62.7 Å². The van der Waals surface area contributed by atoms with Gasteiger partial charge in [0.05, 0.1) is 6.61 Å². The molecular formula is C7H18N2O. The first-order valence-corrected chi connectivity index (χ1v) is 3.72. The first kappa shape index (κ1) is 9.88. The van der Waals surface area contributed by atoms with E-state index in [1.807, 2.05) is 13.8 Å². The molecule has 0 aromatic heterocycles. The van der Waals surface area contributed by atoms with Crippen LogP contribution in [0.4, 0.5) is 0 Å². The first-order valence-electron chi connectivity index (χ1n) is 3.72. The second-order valence-electron chi connectivity index (χ2n) is 2.82. The van der Waals surface area contributed by atoms with Crippen LogP contribution in [-0.2, 0) is 4.74 Å². The third kappa shape index (κ3) is 7.88. The topological polar surface area (TPSA) is 61.3 Å². The Hall–Kier alpha value is -0.120. The summed E-state index contributed by atoms with van der Waals surface area (Å²) in [6.45, 7) is 5.24. The maximum atomic E-state index is 5.50. The summed E-state index contributed by atoms with van der Waals surface area (Å²) >= 11 is 0. The van der Waals surface area contributed by atoms with Gasteiger partial charge < -0.3 is 16.2 Å². The summed E-state index contributed by atoms with van der Waals surface area (Å²) < 4.78 is 5.20. The van der Waals surface area contributed by atoms with Crippen LogP contribution >= 0.6 is 0 Å². The van der Waals surface area contributed by atoms with Gasteiger partial charge in [-0.3, -0.25) is 0 Å². The molecule has 0 aliphatic carbocycles. The van der Waals surface area contributed by atoms with Gasteiger partial charge in [-0.15, -0.1) is 0 Å². The summed E-state index contributed by atoms with van der Waals surface area (Å²) in [6, 6.07) is 0.362. The fourth-order valence-corrected chi connectivity index (χ4v) is 0.538. The van der Waals surface area contributed by atoms with E-state index >= 15 is 0 Å². The van der Waals surface area contributed by atoms with Gasteiger partial charge in [0.1, 0.15) is 0 Å². The van der Waals surface area contributed by atoms with Crippen LogP contribution in [0.3, 0.4) is 0 Å². The van der Waals surface area contributed by atoms with Crippen molar-refractivity contribution in [2.45, 2.75) is 32.4 Å². The quantitative estimate of drug-likeness (QED) is 0.540. The van der Waals surface area contributed by atoms with Gasteiger partial charge >= 0.3 is 0 Å². The molecule has 2 unspecified atom stereocenters. The van der Waals surface area contributed by atoms with E-state index in [-0.39, 0.29) is 12.1 Å². The second-order valence-corrected chi connectivity index (χ2v) is 2.82. The van der Waals surface area contributed by atoms with Crippen molar-refractivity contribution < 1.29 is 4.74 Å². The lowest BCUT2D eigenvalue weighted by Gasteiger charge is -2.07. The third-order valence-corrected chi connectivity index (χ3v) is 1.10. The number of hydrogen-bond acceptors (Lipinski definition) is 3. The summed E-state index contributed by atoms with van der Waals surface area (Å²) in [5, 5.41) is 0. The average Bonchev–Trinajstić information content (AvgIpc) is 1.79. The lowest BCUT2D eigenvalue weighted by atomic mass is 10.3. The summed E-state index contributed by atoms with van der Waals surface area (Å²) in [5.41, 5.74) is 11.0. The minimum absolute atomic E-state index is 0.132. The van der Waals surface area contributed by atoms with Crippen molar-refractivity contribution in [3.8, 4) is 0 Å². The van der Waals surface area contributed by atoms with Crippen molar-refractivity contribution in [1.82, 2.24) is 0 Å². The molecule has 3 heteroatoms. The van der Waals surface area contributed by atoms with Crippen molar-refractivity contribution in [3.05, 3.63) is 0 Å². The molecule has 10 heavy (non-hydrogen) atoms. The van der Waals surface area contributed by atoms with Crippen LogP contribution in [0.5, 0.6) is 0 Å². The third-order valence-electron chi connectivity index (χ3n) is 1.10. The van der Waals surface area contributed by atoms with Crippen LogP contribution in [0.25, 0.3) is 0 Å². The van der Waals surface area contributed by atoms with Crippen LogP contribution < -0.4 is 11.5 Å². The minimum Gasteiger partial charge on any atom is -0.380 e. The van der Waals surface area contributed by atoms with Crippen LogP contribution in [0, 0.1) is 0 Å². The fraction of sp³-hybridized carbons (Fsp3) is 1.00. The van der Waals surface area contributed by atoms with Crippen LogP contribution in [0.2, 0.25) is 0 Å². The van der Waals surface area contributed by atoms with Gasteiger partial charge in [0.2, 0.25) is 0 Å². The molecule has 0 radical (unpaired) electrons. The first-order chi connectivity index (χ1) is 4.63. The standard InChI is InChI=1S/C7H18N2O/c1-6(8)3-4-10-5-7(2)9/h6-7H,3-5,8-9H2,1-2H3. The Morgan fingerprint density at radius 3 is 2.20 bits per heavy atom. The van der Waals surface area contributed by atoms with E-state index < -0.39 is 0 Å². The summed E-state index contributed by atoms with van der Waals surface area (Å²) in [6.07, 6.45) is 0.909. The van der Waals surface area contributed by atoms with E-state index in [1.54, 1.807) is 0 Å². The zero-order valence-electron chi connectivity index (χ0n) is 6.84. The zero-order valence-corrected chi connectivity index (χ0v) is 6.84. The molecule has 4 N–H and O–H groups in total. The van der Waals surface area contributed by atoms with E-state index in [1.165, 1.54) is 0 Å². The zero-order chi connectivity index (χ0) is 7.98. The monoisotopic (exact) mass is 146 g/mol. The van der Waals surface area contributed by atoms with Gasteiger partial charge in [0, 0.05) is 18.7 Å². The molecule has 0 aliphatic heterocycles. The average molecular weight is 146 g/mol. The van der Waals surface area contributed by atoms with Gasteiger partial charge in [-0.2, -0.15) is 0 Å². The van der Waals surface area contributed by atoms with E-state index in [0.29, 0.717) is 6.61 Å². The van der Waals surface area contributed by atoms with E-state index in [2.05, 4.69) is 0 Å². The molecule has 3 nitrogen and oxygen atoms in total. The number of rotatable bonds is 5.